The van der Waals surface area contributed by atoms with Crippen LogP contribution in [0.2, 0.25) is 0 Å². The number of piperidine rings is 1. The average Bonchev–Trinajstić information content (AvgIpc) is 2.43. The van der Waals surface area contributed by atoms with Gasteiger partial charge in [-0.3, -0.25) is 9.69 Å². The molecular formula is C16H23FN2O. The molecule has 1 aromatic rings. The molecule has 20 heavy (non-hydrogen) atoms. The van der Waals surface area contributed by atoms with E-state index in [4.69, 9.17) is 0 Å². The van der Waals surface area contributed by atoms with Crippen LogP contribution in [0.4, 0.5) is 10.1 Å². The van der Waals surface area contributed by atoms with Gasteiger partial charge in [0.15, 0.2) is 0 Å². The van der Waals surface area contributed by atoms with Gasteiger partial charge in [0.2, 0.25) is 5.91 Å². The zero-order chi connectivity index (χ0) is 14.5. The Bertz CT molecular complexity index is 476. The predicted octanol–water partition coefficient (Wildman–Crippen LogP) is 3.34. The summed E-state index contributed by atoms with van der Waals surface area (Å²) in [7, 11) is 0. The number of amides is 1. The van der Waals surface area contributed by atoms with E-state index in [1.807, 2.05) is 0 Å². The summed E-state index contributed by atoms with van der Waals surface area (Å²) in [5.74, 6) is -0.346. The Morgan fingerprint density at radius 1 is 1.45 bits per heavy atom. The van der Waals surface area contributed by atoms with Gasteiger partial charge in [-0.2, -0.15) is 0 Å². The van der Waals surface area contributed by atoms with Crippen LogP contribution in [-0.4, -0.2) is 29.9 Å². The molecule has 1 N–H and O–H groups in total. The van der Waals surface area contributed by atoms with Crippen LogP contribution in [0.15, 0.2) is 18.2 Å². The van der Waals surface area contributed by atoms with Crippen LogP contribution in [0.3, 0.4) is 0 Å². The molecule has 110 valence electrons. The minimum Gasteiger partial charge on any atom is -0.325 e. The van der Waals surface area contributed by atoms with Crippen molar-refractivity contribution in [3.63, 3.8) is 0 Å². The lowest BCUT2D eigenvalue weighted by Gasteiger charge is -2.34. The maximum atomic E-state index is 13.4. The van der Waals surface area contributed by atoms with Gasteiger partial charge in [0, 0.05) is 11.7 Å². The molecule has 0 radical (unpaired) electrons. The maximum absolute atomic E-state index is 13.4. The molecule has 2 rings (SSSR count). The number of nitrogens with zero attached hydrogens (tertiary/aromatic N) is 1. The zero-order valence-corrected chi connectivity index (χ0v) is 12.3. The number of carbonyl (C=O) groups excluding carboxylic acids is 1. The third kappa shape index (κ3) is 3.79. The summed E-state index contributed by atoms with van der Waals surface area (Å²) < 4.78 is 13.4. The van der Waals surface area contributed by atoms with Crippen LogP contribution < -0.4 is 5.32 Å². The van der Waals surface area contributed by atoms with Crippen molar-refractivity contribution < 1.29 is 9.18 Å². The summed E-state index contributed by atoms with van der Waals surface area (Å²) >= 11 is 0. The number of hydrogen-bond donors (Lipinski definition) is 1. The van der Waals surface area contributed by atoms with E-state index >= 15 is 0 Å². The molecule has 1 atom stereocenters. The molecule has 1 aliphatic rings. The highest BCUT2D eigenvalue weighted by molar-refractivity contribution is 5.92. The van der Waals surface area contributed by atoms with Crippen LogP contribution in [-0.2, 0) is 4.79 Å². The van der Waals surface area contributed by atoms with E-state index in [9.17, 15) is 9.18 Å². The van der Waals surface area contributed by atoms with Crippen LogP contribution in [0.1, 0.15) is 38.2 Å². The smallest absolute Gasteiger partial charge is 0.238 e. The maximum Gasteiger partial charge on any atom is 0.238 e. The van der Waals surface area contributed by atoms with Gasteiger partial charge in [0.05, 0.1) is 6.54 Å². The Labute approximate surface area is 120 Å². The molecule has 1 heterocycles. The molecule has 0 spiro atoms. The van der Waals surface area contributed by atoms with Crippen molar-refractivity contribution in [1.29, 1.82) is 0 Å². The van der Waals surface area contributed by atoms with E-state index in [2.05, 4.69) is 17.1 Å². The van der Waals surface area contributed by atoms with E-state index in [0.717, 1.165) is 19.4 Å². The Kier molecular flexibility index (Phi) is 5.12. The second kappa shape index (κ2) is 6.84. The molecule has 4 heteroatoms. The Morgan fingerprint density at radius 2 is 2.25 bits per heavy atom. The van der Waals surface area contributed by atoms with Crippen LogP contribution in [0.25, 0.3) is 0 Å². The number of carbonyl (C=O) groups is 1. The lowest BCUT2D eigenvalue weighted by atomic mass is 10.00. The van der Waals surface area contributed by atoms with Gasteiger partial charge < -0.3 is 5.32 Å². The molecule has 0 saturated carbocycles. The number of hydrogen-bond acceptors (Lipinski definition) is 2. The molecule has 1 saturated heterocycles. The fourth-order valence-corrected chi connectivity index (χ4v) is 2.79. The van der Waals surface area contributed by atoms with Gasteiger partial charge in [-0.25, -0.2) is 4.39 Å². The number of anilines is 1. The van der Waals surface area contributed by atoms with Gasteiger partial charge >= 0.3 is 0 Å². The van der Waals surface area contributed by atoms with Gasteiger partial charge in [-0.15, -0.1) is 0 Å². The SMILES string of the molecule is CCC1CCCCN1CC(=O)Nc1ccc(C)c(F)c1. The van der Waals surface area contributed by atoms with Gasteiger partial charge in [-0.1, -0.05) is 19.4 Å². The highest BCUT2D eigenvalue weighted by Gasteiger charge is 2.22. The summed E-state index contributed by atoms with van der Waals surface area (Å²) in [6, 6.07) is 5.30. The molecule has 0 bridgehead atoms. The standard InChI is InChI=1S/C16H23FN2O/c1-3-14-6-4-5-9-19(14)11-16(20)18-13-8-7-12(2)15(17)10-13/h7-8,10,14H,3-6,9,11H2,1-2H3,(H,18,20). The van der Waals surface area contributed by atoms with Crippen molar-refractivity contribution in [2.45, 2.75) is 45.6 Å². The fraction of sp³-hybridized carbons (Fsp3) is 0.562. The van der Waals surface area contributed by atoms with Crippen molar-refractivity contribution in [1.82, 2.24) is 4.90 Å². The van der Waals surface area contributed by atoms with Crippen LogP contribution in [0, 0.1) is 12.7 Å². The summed E-state index contributed by atoms with van der Waals surface area (Å²) in [5.41, 5.74) is 1.12. The van der Waals surface area contributed by atoms with Crippen molar-refractivity contribution in [2.24, 2.45) is 0 Å². The second-order valence-electron chi connectivity index (χ2n) is 5.54. The minimum absolute atomic E-state index is 0.0615. The molecule has 1 unspecified atom stereocenters. The fourth-order valence-electron chi connectivity index (χ4n) is 2.79. The third-order valence-electron chi connectivity index (χ3n) is 4.02. The summed E-state index contributed by atoms with van der Waals surface area (Å²) in [6.45, 7) is 5.25. The first-order chi connectivity index (χ1) is 9.60. The van der Waals surface area contributed by atoms with Gasteiger partial charge in [0.1, 0.15) is 5.82 Å². The van der Waals surface area contributed by atoms with Gasteiger partial charge in [0.25, 0.3) is 0 Å². The zero-order valence-electron chi connectivity index (χ0n) is 12.3. The second-order valence-corrected chi connectivity index (χ2v) is 5.54. The average molecular weight is 278 g/mol. The summed E-state index contributed by atoms with van der Waals surface area (Å²) in [4.78, 5) is 14.3. The molecule has 3 nitrogen and oxygen atoms in total. The largest absolute Gasteiger partial charge is 0.325 e. The van der Waals surface area contributed by atoms with Crippen molar-refractivity contribution >= 4 is 11.6 Å². The van der Waals surface area contributed by atoms with Crippen LogP contribution >= 0.6 is 0 Å². The first-order valence-electron chi connectivity index (χ1n) is 7.40. The first kappa shape index (κ1) is 15.0. The van der Waals surface area contributed by atoms with Crippen molar-refractivity contribution in [3.8, 4) is 0 Å². The number of halogens is 1. The normalized spacial score (nSPS) is 19.9. The Morgan fingerprint density at radius 3 is 2.95 bits per heavy atom. The summed E-state index contributed by atoms with van der Waals surface area (Å²) in [6.07, 6.45) is 4.65. The molecule has 0 aromatic heterocycles. The topological polar surface area (TPSA) is 32.3 Å². The molecular weight excluding hydrogens is 255 g/mol. The number of aryl methyl sites for hydroxylation is 1. The molecule has 1 aromatic carbocycles. The molecule has 0 aliphatic carbocycles. The molecule has 1 fully saturated rings. The number of likely N-dealkylation sites (tertiary alicyclic amines) is 1. The van der Waals surface area contributed by atoms with Crippen molar-refractivity contribution in [2.75, 3.05) is 18.4 Å². The third-order valence-corrected chi connectivity index (χ3v) is 4.02. The highest BCUT2D eigenvalue weighted by atomic mass is 19.1. The molecule has 1 aliphatic heterocycles. The number of nitrogens with one attached hydrogen (secondary N) is 1. The van der Waals surface area contributed by atoms with Gasteiger partial charge in [-0.05, 0) is 50.4 Å². The number of rotatable bonds is 4. The van der Waals surface area contributed by atoms with Crippen molar-refractivity contribution in [3.05, 3.63) is 29.6 Å². The van der Waals surface area contributed by atoms with E-state index in [1.54, 1.807) is 19.1 Å². The quantitative estimate of drug-likeness (QED) is 0.916. The number of benzene rings is 1. The monoisotopic (exact) mass is 278 g/mol. The van der Waals surface area contributed by atoms with E-state index in [0.29, 0.717) is 23.8 Å². The Hall–Kier alpha value is -1.42. The summed E-state index contributed by atoms with van der Waals surface area (Å²) in [5, 5.41) is 2.78. The highest BCUT2D eigenvalue weighted by Crippen LogP contribution is 2.19. The van der Waals surface area contributed by atoms with Crippen LogP contribution in [0.5, 0.6) is 0 Å². The Balaban J connectivity index is 1.92. The lowest BCUT2D eigenvalue weighted by molar-refractivity contribution is -0.118. The van der Waals surface area contributed by atoms with E-state index in [1.165, 1.54) is 18.9 Å². The van der Waals surface area contributed by atoms with E-state index < -0.39 is 0 Å². The lowest BCUT2D eigenvalue weighted by Crippen LogP contribution is -2.43. The first-order valence-corrected chi connectivity index (χ1v) is 7.40. The van der Waals surface area contributed by atoms with E-state index in [-0.39, 0.29) is 11.7 Å². The minimum atomic E-state index is -0.285. The predicted molar refractivity (Wildman–Crippen MR) is 79.3 cm³/mol. The molecule has 1 amide bonds.